The fourth-order valence-corrected chi connectivity index (χ4v) is 4.33. The summed E-state index contributed by atoms with van der Waals surface area (Å²) >= 11 is 6.12. The van der Waals surface area contributed by atoms with E-state index >= 15 is 0 Å². The van der Waals surface area contributed by atoms with Crippen LogP contribution >= 0.6 is 11.6 Å². The van der Waals surface area contributed by atoms with Gasteiger partial charge in [-0.05, 0) is 69.7 Å². The highest BCUT2D eigenvalue weighted by Gasteiger charge is 2.38. The number of hydrogen-bond donors (Lipinski definition) is 1. The molecule has 0 amide bonds. The van der Waals surface area contributed by atoms with Crippen LogP contribution in [0.3, 0.4) is 0 Å². The molecule has 0 saturated carbocycles. The van der Waals surface area contributed by atoms with Crippen molar-refractivity contribution in [1.82, 2.24) is 4.57 Å². The van der Waals surface area contributed by atoms with Crippen LogP contribution in [0.4, 0.5) is 18.9 Å². The summed E-state index contributed by atoms with van der Waals surface area (Å²) in [6.45, 7) is 6.29. The Morgan fingerprint density at radius 1 is 1.10 bits per heavy atom. The Bertz CT molecular complexity index is 1490. The first-order valence-electron chi connectivity index (χ1n) is 12.8. The van der Waals surface area contributed by atoms with Crippen LogP contribution in [0.5, 0.6) is 5.75 Å². The highest BCUT2D eigenvalue weighted by atomic mass is 35.5. The lowest BCUT2D eigenvalue weighted by molar-refractivity contribution is -0.173. The van der Waals surface area contributed by atoms with Gasteiger partial charge < -0.3 is 19.4 Å². The van der Waals surface area contributed by atoms with Crippen LogP contribution in [0.25, 0.3) is 11.1 Å². The monoisotopic (exact) mass is 589 g/mol. The van der Waals surface area contributed by atoms with Crippen LogP contribution in [0.1, 0.15) is 56.1 Å². The van der Waals surface area contributed by atoms with Crippen molar-refractivity contribution in [3.63, 3.8) is 0 Å². The third-order valence-corrected chi connectivity index (χ3v) is 6.53. The van der Waals surface area contributed by atoms with Gasteiger partial charge in [0.25, 0.3) is 5.56 Å². The van der Waals surface area contributed by atoms with Gasteiger partial charge in [-0.1, -0.05) is 18.5 Å². The smallest absolute Gasteiger partial charge is 0.391 e. The zero-order valence-corrected chi connectivity index (χ0v) is 24.1. The number of anilines is 1. The lowest BCUT2D eigenvalue weighted by atomic mass is 9.98. The summed E-state index contributed by atoms with van der Waals surface area (Å²) in [4.78, 5) is 25.6. The maximum absolute atomic E-state index is 13.6. The van der Waals surface area contributed by atoms with Gasteiger partial charge in [-0.25, -0.2) is 4.79 Å². The molecule has 2 atom stereocenters. The van der Waals surface area contributed by atoms with Gasteiger partial charge >= 0.3 is 12.1 Å². The van der Waals surface area contributed by atoms with Crippen molar-refractivity contribution in [2.24, 2.45) is 5.92 Å². The number of methoxy groups -OCH3 is 1. The van der Waals surface area contributed by atoms with E-state index in [-0.39, 0.29) is 17.9 Å². The molecule has 7 nitrogen and oxygen atoms in total. The molecule has 11 heteroatoms. The maximum Gasteiger partial charge on any atom is 0.391 e. The fourth-order valence-electron chi connectivity index (χ4n) is 4.16. The minimum Gasteiger partial charge on any atom is -0.495 e. The van der Waals surface area contributed by atoms with Gasteiger partial charge in [0.2, 0.25) is 0 Å². The van der Waals surface area contributed by atoms with E-state index in [9.17, 15) is 28.0 Å². The summed E-state index contributed by atoms with van der Waals surface area (Å²) in [5.41, 5.74) is 0.530. The highest BCUT2D eigenvalue weighted by molar-refractivity contribution is 6.31. The number of ether oxygens (including phenoxy) is 2. The molecule has 2 unspecified atom stereocenters. The summed E-state index contributed by atoms with van der Waals surface area (Å²) in [6.07, 6.45) is -3.51. The molecule has 218 valence electrons. The number of esters is 1. The number of nitrogens with zero attached hydrogens (tertiary/aromatic N) is 2. The topological polar surface area (TPSA) is 93.3 Å². The van der Waals surface area contributed by atoms with Crippen molar-refractivity contribution < 1.29 is 27.4 Å². The van der Waals surface area contributed by atoms with E-state index in [1.165, 1.54) is 42.1 Å². The van der Waals surface area contributed by atoms with Crippen LogP contribution in [0.2, 0.25) is 5.02 Å². The number of rotatable bonds is 9. The van der Waals surface area contributed by atoms with Gasteiger partial charge in [-0.15, -0.1) is 0 Å². The fraction of sp³-hybridized carbons (Fsp3) is 0.367. The highest BCUT2D eigenvalue weighted by Crippen LogP contribution is 2.36. The van der Waals surface area contributed by atoms with Crippen LogP contribution in [0, 0.1) is 17.2 Å². The molecule has 0 fully saturated rings. The molecular formula is C30H31ClF3N3O4. The second-order valence-electron chi connectivity index (χ2n) is 10.6. The van der Waals surface area contributed by atoms with Crippen molar-refractivity contribution in [1.29, 1.82) is 5.26 Å². The Kier molecular flexibility index (Phi) is 9.77. The first-order chi connectivity index (χ1) is 19.1. The zero-order chi connectivity index (χ0) is 30.5. The predicted octanol–water partition coefficient (Wildman–Crippen LogP) is 7.25. The number of carbonyl (C=O) groups excluding carboxylic acids is 1. The molecule has 0 saturated heterocycles. The van der Waals surface area contributed by atoms with Crippen LogP contribution in [0.15, 0.2) is 59.5 Å². The van der Waals surface area contributed by atoms with E-state index in [1.54, 1.807) is 45.0 Å². The van der Waals surface area contributed by atoms with E-state index in [1.807, 2.05) is 6.07 Å². The lowest BCUT2D eigenvalue weighted by Crippen LogP contribution is -2.33. The number of hydrogen-bond acceptors (Lipinski definition) is 6. The minimum atomic E-state index is -4.47. The third kappa shape index (κ3) is 8.27. The number of aromatic nitrogens is 1. The molecule has 0 aliphatic heterocycles. The molecule has 2 aromatic carbocycles. The summed E-state index contributed by atoms with van der Waals surface area (Å²) in [7, 11) is 1.36. The van der Waals surface area contributed by atoms with Gasteiger partial charge in [0, 0.05) is 34.4 Å². The van der Waals surface area contributed by atoms with Crippen molar-refractivity contribution in [3.05, 3.63) is 81.2 Å². The summed E-state index contributed by atoms with van der Waals surface area (Å²) in [5, 5.41) is 12.9. The van der Waals surface area contributed by atoms with Gasteiger partial charge in [0.1, 0.15) is 11.4 Å². The Labute approximate surface area is 241 Å². The molecule has 1 aromatic heterocycles. The molecule has 0 spiro atoms. The number of benzene rings is 2. The molecule has 0 bridgehead atoms. The molecule has 41 heavy (non-hydrogen) atoms. The summed E-state index contributed by atoms with van der Waals surface area (Å²) < 4.78 is 52.7. The second-order valence-corrected chi connectivity index (χ2v) is 11.0. The van der Waals surface area contributed by atoms with Crippen LogP contribution in [-0.2, 0) is 4.74 Å². The Morgan fingerprint density at radius 2 is 1.76 bits per heavy atom. The van der Waals surface area contributed by atoms with E-state index in [0.717, 1.165) is 6.92 Å². The molecule has 3 aromatic rings. The standard InChI is InChI=1S/C30H31ClF3N3O4/c1-18(30(32,33)34)12-23(16-36-22-10-7-19(8-11-22)28(39)41-29(2,3)4)37-17-26(40-5)25(14-27(37)38)24-13-21(31)9-6-20(24)15-35/h6-11,13-14,17-18,23,36H,12,16H2,1-5H3. The Hall–Kier alpha value is -3.97. The van der Waals surface area contributed by atoms with Gasteiger partial charge in [-0.2, -0.15) is 18.4 Å². The van der Waals surface area contributed by atoms with Crippen LogP contribution in [-0.4, -0.2) is 36.0 Å². The molecule has 3 rings (SSSR count). The van der Waals surface area contributed by atoms with Crippen molar-refractivity contribution in [3.8, 4) is 22.9 Å². The number of alkyl halides is 3. The third-order valence-electron chi connectivity index (χ3n) is 6.30. The van der Waals surface area contributed by atoms with E-state index in [0.29, 0.717) is 27.4 Å². The van der Waals surface area contributed by atoms with Gasteiger partial charge in [-0.3, -0.25) is 4.79 Å². The Morgan fingerprint density at radius 3 is 2.32 bits per heavy atom. The maximum atomic E-state index is 13.6. The first kappa shape index (κ1) is 31.6. The van der Waals surface area contributed by atoms with Crippen molar-refractivity contribution >= 4 is 23.3 Å². The average molecular weight is 590 g/mol. The second kappa shape index (κ2) is 12.7. The largest absolute Gasteiger partial charge is 0.495 e. The molecule has 0 aliphatic carbocycles. The van der Waals surface area contributed by atoms with Gasteiger partial charge in [0.05, 0.1) is 42.5 Å². The number of nitriles is 1. The number of pyridine rings is 1. The zero-order valence-electron chi connectivity index (χ0n) is 23.3. The minimum absolute atomic E-state index is 0.0325. The quantitative estimate of drug-likeness (QED) is 0.264. The lowest BCUT2D eigenvalue weighted by Gasteiger charge is -2.26. The van der Waals surface area contributed by atoms with Gasteiger partial charge in [0.15, 0.2) is 0 Å². The predicted molar refractivity (Wildman–Crippen MR) is 151 cm³/mol. The number of carbonyl (C=O) groups is 1. The Balaban J connectivity index is 1.96. The summed E-state index contributed by atoms with van der Waals surface area (Å²) in [5.74, 6) is -2.02. The molecule has 0 radical (unpaired) electrons. The van der Waals surface area contributed by atoms with Crippen molar-refractivity contribution in [2.75, 3.05) is 19.0 Å². The molecule has 1 N–H and O–H groups in total. The number of halogens is 4. The molecule has 1 heterocycles. The van der Waals surface area contributed by atoms with E-state index in [4.69, 9.17) is 21.1 Å². The van der Waals surface area contributed by atoms with E-state index in [2.05, 4.69) is 5.32 Å². The molecule has 0 aliphatic rings. The van der Waals surface area contributed by atoms with E-state index < -0.39 is 41.7 Å². The normalized spacial score (nSPS) is 13.2. The SMILES string of the molecule is COc1cn(C(CNc2ccc(C(=O)OC(C)(C)C)cc2)CC(C)C(F)(F)F)c(=O)cc1-c1cc(Cl)ccc1C#N. The molecular weight excluding hydrogens is 559 g/mol. The average Bonchev–Trinajstić information content (AvgIpc) is 2.89. The van der Waals surface area contributed by atoms with Crippen molar-refractivity contribution in [2.45, 2.75) is 51.9 Å². The van der Waals surface area contributed by atoms with Crippen LogP contribution < -0.4 is 15.6 Å². The summed E-state index contributed by atoms with van der Waals surface area (Å²) in [6, 6.07) is 13.2. The first-order valence-corrected chi connectivity index (χ1v) is 13.1. The number of nitrogens with one attached hydrogen (secondary N) is 1.